The quantitative estimate of drug-likeness (QED) is 0.542. The predicted molar refractivity (Wildman–Crippen MR) is 69.2 cm³/mol. The molecule has 0 unspecified atom stereocenters. The van der Waals surface area contributed by atoms with Gasteiger partial charge in [-0.3, -0.25) is 0 Å². The number of rotatable bonds is 4. The molecule has 1 aromatic rings. The first-order valence-corrected chi connectivity index (χ1v) is 6.14. The normalized spacial score (nSPS) is 29.2. The summed E-state index contributed by atoms with van der Waals surface area (Å²) in [6.45, 7) is -0.408. The summed E-state index contributed by atoms with van der Waals surface area (Å²) in [7, 11) is 1.27. The second-order valence-corrected chi connectivity index (χ2v) is 4.44. The van der Waals surface area contributed by atoms with E-state index in [-0.39, 0.29) is 5.56 Å². The van der Waals surface area contributed by atoms with E-state index in [1.807, 2.05) is 0 Å². The minimum atomic E-state index is -1.21. The first kappa shape index (κ1) is 14.7. The number of hydrogen-bond acceptors (Lipinski definition) is 7. The second-order valence-electron chi connectivity index (χ2n) is 4.44. The van der Waals surface area contributed by atoms with Crippen LogP contribution < -0.4 is 5.32 Å². The van der Waals surface area contributed by atoms with Gasteiger partial charge >= 0.3 is 5.97 Å². The molecule has 1 aliphatic heterocycles. The van der Waals surface area contributed by atoms with Gasteiger partial charge in [-0.1, -0.05) is 12.1 Å². The summed E-state index contributed by atoms with van der Waals surface area (Å²) in [5.74, 6) is -0.528. The van der Waals surface area contributed by atoms with E-state index >= 15 is 0 Å². The molecule has 7 nitrogen and oxygen atoms in total. The minimum Gasteiger partial charge on any atom is -0.465 e. The summed E-state index contributed by atoms with van der Waals surface area (Å²) < 4.78 is 9.95. The molecule has 1 aromatic carbocycles. The van der Waals surface area contributed by atoms with Crippen LogP contribution in [0.3, 0.4) is 0 Å². The van der Waals surface area contributed by atoms with Gasteiger partial charge in [0.2, 0.25) is 0 Å². The van der Waals surface area contributed by atoms with Crippen LogP contribution in [0.1, 0.15) is 10.4 Å². The molecule has 1 saturated heterocycles. The van der Waals surface area contributed by atoms with Crippen LogP contribution >= 0.6 is 0 Å². The zero-order valence-corrected chi connectivity index (χ0v) is 10.9. The highest BCUT2D eigenvalue weighted by Crippen LogP contribution is 2.25. The molecule has 2 rings (SSSR count). The Morgan fingerprint density at radius 1 is 1.35 bits per heavy atom. The molecule has 0 aromatic heterocycles. The molecule has 7 heteroatoms. The van der Waals surface area contributed by atoms with Crippen LogP contribution in [0.25, 0.3) is 0 Å². The fourth-order valence-corrected chi connectivity index (χ4v) is 2.07. The predicted octanol–water partition coefficient (Wildman–Crippen LogP) is -0.676. The highest BCUT2D eigenvalue weighted by molar-refractivity contribution is 5.95. The SMILES string of the molecule is COC(=O)c1ccccc1N[C@@H]1O[C@@H](CO)[C@@H](O)[C@H]1O. The van der Waals surface area contributed by atoms with Crippen molar-refractivity contribution in [2.75, 3.05) is 19.0 Å². The van der Waals surface area contributed by atoms with Crippen molar-refractivity contribution in [1.82, 2.24) is 0 Å². The molecular formula is C13H17NO6. The maximum Gasteiger partial charge on any atom is 0.339 e. The van der Waals surface area contributed by atoms with E-state index in [9.17, 15) is 15.0 Å². The first-order valence-electron chi connectivity index (χ1n) is 6.14. The number of hydrogen-bond donors (Lipinski definition) is 4. The van der Waals surface area contributed by atoms with Crippen molar-refractivity contribution in [3.8, 4) is 0 Å². The van der Waals surface area contributed by atoms with Crippen LogP contribution in [0.15, 0.2) is 24.3 Å². The van der Waals surface area contributed by atoms with Crippen LogP contribution in [0.2, 0.25) is 0 Å². The van der Waals surface area contributed by atoms with Crippen molar-refractivity contribution in [3.05, 3.63) is 29.8 Å². The Morgan fingerprint density at radius 2 is 2.05 bits per heavy atom. The number of nitrogens with one attached hydrogen (secondary N) is 1. The average Bonchev–Trinajstić information content (AvgIpc) is 2.75. The summed E-state index contributed by atoms with van der Waals surface area (Å²) in [6, 6.07) is 6.57. The summed E-state index contributed by atoms with van der Waals surface area (Å²) in [4.78, 5) is 11.6. The molecule has 0 spiro atoms. The van der Waals surface area contributed by atoms with Gasteiger partial charge in [-0.05, 0) is 12.1 Å². The molecule has 0 radical (unpaired) electrons. The van der Waals surface area contributed by atoms with Crippen molar-refractivity contribution in [1.29, 1.82) is 0 Å². The first-order chi connectivity index (χ1) is 9.58. The molecule has 4 N–H and O–H groups in total. The van der Waals surface area contributed by atoms with Crippen LogP contribution in [-0.2, 0) is 9.47 Å². The number of ether oxygens (including phenoxy) is 2. The highest BCUT2D eigenvalue weighted by Gasteiger charge is 2.42. The standard InChI is InChI=1S/C13H17NO6/c1-19-13(18)7-4-2-3-5-8(7)14-12-11(17)10(16)9(6-15)20-12/h2-5,9-12,14-17H,6H2,1H3/t9-,10+,11+,12+/m0/s1. The largest absolute Gasteiger partial charge is 0.465 e. The summed E-state index contributed by atoms with van der Waals surface area (Å²) in [5.41, 5.74) is 0.696. The van der Waals surface area contributed by atoms with Crippen LogP contribution in [0.5, 0.6) is 0 Å². The topological polar surface area (TPSA) is 108 Å². The number of esters is 1. The van der Waals surface area contributed by atoms with Crippen molar-refractivity contribution in [2.45, 2.75) is 24.5 Å². The van der Waals surface area contributed by atoms with Crippen LogP contribution in [0.4, 0.5) is 5.69 Å². The lowest BCUT2D eigenvalue weighted by Gasteiger charge is -2.19. The van der Waals surface area contributed by atoms with Gasteiger partial charge in [-0.2, -0.15) is 0 Å². The number of carbonyl (C=O) groups excluding carboxylic acids is 1. The van der Waals surface area contributed by atoms with E-state index in [1.54, 1.807) is 24.3 Å². The number of anilines is 1. The van der Waals surface area contributed by atoms with Gasteiger partial charge in [0.25, 0.3) is 0 Å². The van der Waals surface area contributed by atoms with E-state index in [1.165, 1.54) is 7.11 Å². The van der Waals surface area contributed by atoms with Gasteiger partial charge in [0.15, 0.2) is 6.23 Å². The Kier molecular flexibility index (Phi) is 4.56. The molecule has 110 valence electrons. The number of para-hydroxylation sites is 1. The zero-order chi connectivity index (χ0) is 14.7. The maximum absolute atomic E-state index is 11.6. The lowest BCUT2D eigenvalue weighted by atomic mass is 10.1. The molecule has 4 atom stereocenters. The van der Waals surface area contributed by atoms with Gasteiger partial charge in [0.1, 0.15) is 18.3 Å². The number of methoxy groups -OCH3 is 1. The van der Waals surface area contributed by atoms with Crippen molar-refractivity contribution >= 4 is 11.7 Å². The van der Waals surface area contributed by atoms with E-state index in [4.69, 9.17) is 9.84 Å². The molecule has 1 aliphatic rings. The van der Waals surface area contributed by atoms with Crippen molar-refractivity contribution in [3.63, 3.8) is 0 Å². The lowest BCUT2D eigenvalue weighted by molar-refractivity contribution is -0.0153. The monoisotopic (exact) mass is 283 g/mol. The molecule has 1 fully saturated rings. The average molecular weight is 283 g/mol. The summed E-state index contributed by atoms with van der Waals surface area (Å²) in [5, 5.41) is 31.4. The van der Waals surface area contributed by atoms with E-state index in [0.29, 0.717) is 5.69 Å². The molecule has 20 heavy (non-hydrogen) atoms. The van der Waals surface area contributed by atoms with Gasteiger partial charge in [-0.25, -0.2) is 4.79 Å². The molecule has 1 heterocycles. The Labute approximate surface area is 115 Å². The molecule has 0 aliphatic carbocycles. The fraction of sp³-hybridized carbons (Fsp3) is 0.462. The van der Waals surface area contributed by atoms with Gasteiger partial charge in [0, 0.05) is 0 Å². The smallest absolute Gasteiger partial charge is 0.339 e. The third kappa shape index (κ3) is 2.75. The van der Waals surface area contributed by atoms with E-state index in [0.717, 1.165) is 0 Å². The van der Waals surface area contributed by atoms with Crippen LogP contribution in [-0.4, -0.2) is 59.5 Å². The van der Waals surface area contributed by atoms with Gasteiger partial charge in [-0.15, -0.1) is 0 Å². The van der Waals surface area contributed by atoms with E-state index < -0.39 is 37.1 Å². The molecule has 0 bridgehead atoms. The lowest BCUT2D eigenvalue weighted by Crippen LogP contribution is -2.36. The van der Waals surface area contributed by atoms with Crippen LogP contribution in [0, 0.1) is 0 Å². The number of carbonyl (C=O) groups is 1. The number of aliphatic hydroxyl groups excluding tert-OH is 3. The Bertz CT molecular complexity index is 480. The highest BCUT2D eigenvalue weighted by atomic mass is 16.6. The Balaban J connectivity index is 2.17. The second kappa shape index (κ2) is 6.19. The Morgan fingerprint density at radius 3 is 2.65 bits per heavy atom. The maximum atomic E-state index is 11.6. The zero-order valence-electron chi connectivity index (χ0n) is 10.9. The molecule has 0 amide bonds. The molecule has 0 saturated carbocycles. The van der Waals surface area contributed by atoms with Gasteiger partial charge < -0.3 is 30.1 Å². The number of benzene rings is 1. The number of aliphatic hydroxyl groups is 3. The molecular weight excluding hydrogens is 266 g/mol. The van der Waals surface area contributed by atoms with Crippen molar-refractivity contribution in [2.24, 2.45) is 0 Å². The van der Waals surface area contributed by atoms with E-state index in [2.05, 4.69) is 10.1 Å². The van der Waals surface area contributed by atoms with Crippen molar-refractivity contribution < 1.29 is 29.6 Å². The Hall–Kier alpha value is -1.67. The third-order valence-electron chi connectivity index (χ3n) is 3.17. The fourth-order valence-electron chi connectivity index (χ4n) is 2.07. The summed E-state index contributed by atoms with van der Waals surface area (Å²) in [6.07, 6.45) is -4.19. The summed E-state index contributed by atoms with van der Waals surface area (Å²) >= 11 is 0. The third-order valence-corrected chi connectivity index (χ3v) is 3.17. The van der Waals surface area contributed by atoms with Gasteiger partial charge in [0.05, 0.1) is 25.0 Å². The minimum absolute atomic E-state index is 0.285.